The van der Waals surface area contributed by atoms with Crippen LogP contribution in [0.15, 0.2) is 18.9 Å². The molecule has 0 unspecified atom stereocenters. The maximum Gasteiger partial charge on any atom is 0.182 e. The third kappa shape index (κ3) is 2.55. The highest BCUT2D eigenvalue weighted by atomic mass is 32.1. The van der Waals surface area contributed by atoms with Crippen molar-refractivity contribution in [1.29, 1.82) is 0 Å². The average molecular weight is 274 g/mol. The summed E-state index contributed by atoms with van der Waals surface area (Å²) in [6.07, 6.45) is 7.33. The van der Waals surface area contributed by atoms with Crippen LogP contribution in [0.25, 0.3) is 11.2 Å². The first-order valence-electron chi connectivity index (χ1n) is 6.18. The molecule has 98 valence electrons. The van der Waals surface area contributed by atoms with Crippen molar-refractivity contribution in [2.75, 3.05) is 5.32 Å². The van der Waals surface area contributed by atoms with E-state index in [1.165, 1.54) is 11.2 Å². The molecular weight excluding hydrogens is 260 g/mol. The van der Waals surface area contributed by atoms with Crippen LogP contribution in [-0.4, -0.2) is 24.9 Å². The molecule has 19 heavy (non-hydrogen) atoms. The van der Waals surface area contributed by atoms with Crippen LogP contribution in [0, 0.1) is 0 Å². The van der Waals surface area contributed by atoms with E-state index in [-0.39, 0.29) is 0 Å². The van der Waals surface area contributed by atoms with Gasteiger partial charge in [-0.3, -0.25) is 0 Å². The number of imidazole rings is 1. The van der Waals surface area contributed by atoms with Crippen LogP contribution in [0.1, 0.15) is 23.2 Å². The van der Waals surface area contributed by atoms with Crippen molar-refractivity contribution in [3.63, 3.8) is 0 Å². The second-order valence-electron chi connectivity index (χ2n) is 4.15. The molecule has 0 aliphatic heterocycles. The van der Waals surface area contributed by atoms with E-state index < -0.39 is 0 Å². The Labute approximate surface area is 114 Å². The minimum absolute atomic E-state index is 0.666. The van der Waals surface area contributed by atoms with Crippen LogP contribution in [0.2, 0.25) is 0 Å². The number of hydrogen-bond donors (Lipinski definition) is 2. The zero-order valence-electron chi connectivity index (χ0n) is 10.6. The Kier molecular flexibility index (Phi) is 3.37. The van der Waals surface area contributed by atoms with Gasteiger partial charge in [-0.25, -0.2) is 19.9 Å². The molecule has 0 amide bonds. The van der Waals surface area contributed by atoms with Crippen molar-refractivity contribution in [3.05, 3.63) is 28.7 Å². The van der Waals surface area contributed by atoms with Gasteiger partial charge in [0.2, 0.25) is 0 Å². The summed E-state index contributed by atoms with van der Waals surface area (Å²) in [5, 5.41) is 4.34. The molecule has 0 bridgehead atoms. The smallest absolute Gasteiger partial charge is 0.182 e. The maximum absolute atomic E-state index is 4.40. The Bertz CT molecular complexity index is 673. The van der Waals surface area contributed by atoms with Crippen molar-refractivity contribution in [2.24, 2.45) is 0 Å². The second kappa shape index (κ2) is 5.31. The van der Waals surface area contributed by atoms with Crippen LogP contribution < -0.4 is 5.32 Å². The maximum atomic E-state index is 4.40. The average Bonchev–Trinajstić information content (AvgIpc) is 3.05. The molecule has 0 aliphatic rings. The van der Waals surface area contributed by atoms with Crippen LogP contribution in [-0.2, 0) is 13.0 Å². The van der Waals surface area contributed by atoms with E-state index in [4.69, 9.17) is 0 Å². The predicted octanol–water partition coefficient (Wildman–Crippen LogP) is 2.37. The summed E-state index contributed by atoms with van der Waals surface area (Å²) in [5.41, 5.74) is 1.50. The summed E-state index contributed by atoms with van der Waals surface area (Å²) in [6.45, 7) is 2.84. The molecule has 2 N–H and O–H groups in total. The quantitative estimate of drug-likeness (QED) is 0.746. The molecule has 0 fully saturated rings. The topological polar surface area (TPSA) is 79.4 Å². The van der Waals surface area contributed by atoms with Gasteiger partial charge in [-0.05, 0) is 6.42 Å². The van der Waals surface area contributed by atoms with Gasteiger partial charge < -0.3 is 10.3 Å². The number of hydrogen-bond acceptors (Lipinski definition) is 6. The first-order valence-corrected chi connectivity index (χ1v) is 7.00. The van der Waals surface area contributed by atoms with Crippen molar-refractivity contribution in [2.45, 2.75) is 26.3 Å². The van der Waals surface area contributed by atoms with E-state index in [2.05, 4.69) is 37.2 Å². The monoisotopic (exact) mass is 274 g/mol. The number of nitrogens with zero attached hydrogens (tertiary/aromatic N) is 4. The Morgan fingerprint density at radius 3 is 3.11 bits per heavy atom. The third-order valence-electron chi connectivity index (χ3n) is 2.73. The number of thiazole rings is 1. The molecule has 3 aromatic rings. The minimum atomic E-state index is 0.666. The number of aromatic amines is 1. The lowest BCUT2D eigenvalue weighted by atomic mass is 10.3. The van der Waals surface area contributed by atoms with Gasteiger partial charge in [0.05, 0.1) is 12.9 Å². The zero-order valence-corrected chi connectivity index (χ0v) is 11.4. The zero-order chi connectivity index (χ0) is 13.1. The molecule has 6 nitrogen and oxygen atoms in total. The fraction of sp³-hybridized carbons (Fsp3) is 0.333. The summed E-state index contributed by atoms with van der Waals surface area (Å²) in [7, 11) is 0. The summed E-state index contributed by atoms with van der Waals surface area (Å²) < 4.78 is 0. The summed E-state index contributed by atoms with van der Waals surface area (Å²) in [4.78, 5) is 21.2. The van der Waals surface area contributed by atoms with E-state index in [9.17, 15) is 0 Å². The molecule has 0 aliphatic carbocycles. The molecule has 3 heterocycles. The predicted molar refractivity (Wildman–Crippen MR) is 75.1 cm³/mol. The largest absolute Gasteiger partial charge is 0.362 e. The van der Waals surface area contributed by atoms with E-state index in [0.717, 1.165) is 29.2 Å². The number of fused-ring (bicyclic) bond motifs is 1. The highest BCUT2D eigenvalue weighted by Gasteiger charge is 2.06. The second-order valence-corrected chi connectivity index (χ2v) is 5.35. The lowest BCUT2D eigenvalue weighted by Crippen LogP contribution is -2.02. The van der Waals surface area contributed by atoms with Crippen LogP contribution in [0.5, 0.6) is 0 Å². The number of anilines is 1. The van der Waals surface area contributed by atoms with E-state index >= 15 is 0 Å². The van der Waals surface area contributed by atoms with Crippen LogP contribution in [0.4, 0.5) is 5.82 Å². The molecule has 0 aromatic carbocycles. The first kappa shape index (κ1) is 12.0. The van der Waals surface area contributed by atoms with Crippen LogP contribution in [0.3, 0.4) is 0 Å². The first-order chi connectivity index (χ1) is 9.36. The highest BCUT2D eigenvalue weighted by molar-refractivity contribution is 7.11. The van der Waals surface area contributed by atoms with Gasteiger partial charge in [0.15, 0.2) is 11.5 Å². The summed E-state index contributed by atoms with van der Waals surface area (Å²) >= 11 is 1.74. The summed E-state index contributed by atoms with van der Waals surface area (Å²) in [5.74, 6) is 0.759. The molecule has 3 aromatic heterocycles. The standard InChI is InChI=1S/C12H14N6S/c1-2-3-8-4-13-9(19-8)5-14-11-10-12(16-6-15-10)18-7-17-11/h4,6-7H,2-3,5H2,1H3,(H2,14,15,16,17,18). The van der Waals surface area contributed by atoms with Crippen molar-refractivity contribution in [1.82, 2.24) is 24.9 Å². The van der Waals surface area contributed by atoms with E-state index in [0.29, 0.717) is 12.2 Å². The van der Waals surface area contributed by atoms with Gasteiger partial charge >= 0.3 is 0 Å². The number of rotatable bonds is 5. The number of aromatic nitrogens is 5. The fourth-order valence-corrected chi connectivity index (χ4v) is 2.81. The highest BCUT2D eigenvalue weighted by Crippen LogP contribution is 2.18. The molecular formula is C12H14N6S. The Morgan fingerprint density at radius 2 is 2.21 bits per heavy atom. The van der Waals surface area contributed by atoms with E-state index in [1.807, 2.05) is 6.20 Å². The SMILES string of the molecule is CCCc1cnc(CNc2ncnc3nc[nH]c23)s1. The van der Waals surface area contributed by atoms with Crippen molar-refractivity contribution < 1.29 is 0 Å². The molecule has 0 atom stereocenters. The lowest BCUT2D eigenvalue weighted by Gasteiger charge is -2.03. The Balaban J connectivity index is 1.73. The number of aryl methyl sites for hydroxylation is 1. The molecule has 0 saturated heterocycles. The third-order valence-corrected chi connectivity index (χ3v) is 3.78. The van der Waals surface area contributed by atoms with Gasteiger partial charge in [-0.1, -0.05) is 13.3 Å². The minimum Gasteiger partial charge on any atom is -0.362 e. The van der Waals surface area contributed by atoms with Gasteiger partial charge in [0.1, 0.15) is 16.9 Å². The van der Waals surface area contributed by atoms with Crippen molar-refractivity contribution >= 4 is 28.3 Å². The molecule has 7 heteroatoms. The van der Waals surface area contributed by atoms with Gasteiger partial charge in [-0.2, -0.15) is 0 Å². The number of nitrogens with one attached hydrogen (secondary N) is 2. The van der Waals surface area contributed by atoms with Crippen LogP contribution >= 0.6 is 11.3 Å². The fourth-order valence-electron chi connectivity index (χ4n) is 1.85. The molecule has 0 saturated carbocycles. The van der Waals surface area contributed by atoms with Gasteiger partial charge in [0.25, 0.3) is 0 Å². The van der Waals surface area contributed by atoms with E-state index in [1.54, 1.807) is 17.7 Å². The number of H-pyrrole nitrogens is 1. The molecule has 3 rings (SSSR count). The normalized spacial score (nSPS) is 11.0. The van der Waals surface area contributed by atoms with Gasteiger partial charge in [-0.15, -0.1) is 11.3 Å². The summed E-state index contributed by atoms with van der Waals surface area (Å²) in [6, 6.07) is 0. The van der Waals surface area contributed by atoms with Crippen molar-refractivity contribution in [3.8, 4) is 0 Å². The Morgan fingerprint density at radius 1 is 1.26 bits per heavy atom. The molecule has 0 spiro atoms. The Hall–Kier alpha value is -2.02. The lowest BCUT2D eigenvalue weighted by molar-refractivity contribution is 0.935. The molecule has 0 radical (unpaired) electrons. The van der Waals surface area contributed by atoms with Gasteiger partial charge in [0, 0.05) is 11.1 Å².